The van der Waals surface area contributed by atoms with Crippen molar-refractivity contribution in [3.8, 4) is 5.75 Å². The number of ether oxygens (including phenoxy) is 1. The van der Waals surface area contributed by atoms with Crippen LogP contribution in [0.25, 0.3) is 0 Å². The average Bonchev–Trinajstić information content (AvgIpc) is 2.34. The van der Waals surface area contributed by atoms with Crippen LogP contribution in [0, 0.1) is 5.92 Å². The molecule has 3 nitrogen and oxygen atoms in total. The molecule has 0 bridgehead atoms. The molecule has 1 aliphatic carbocycles. The van der Waals surface area contributed by atoms with Crippen LogP contribution in [0.2, 0.25) is 0 Å². The minimum atomic E-state index is -4.53. The fourth-order valence-corrected chi connectivity index (χ4v) is 2.46. The molecule has 2 rings (SSSR count). The predicted octanol–water partition coefficient (Wildman–Crippen LogP) is 3.30. The van der Waals surface area contributed by atoms with Gasteiger partial charge >= 0.3 is 6.18 Å². The third-order valence-corrected chi connectivity index (χ3v) is 3.93. The minimum Gasteiger partial charge on any atom is -0.497 e. The van der Waals surface area contributed by atoms with E-state index < -0.39 is 23.9 Å². The largest absolute Gasteiger partial charge is 0.497 e. The molecule has 0 spiro atoms. The Labute approximate surface area is 127 Å². The normalized spacial score (nSPS) is 18.4. The molecule has 0 unspecified atom stereocenters. The quantitative estimate of drug-likeness (QED) is 0.893. The molecular formula is C14H19ClF3NO2. The maximum atomic E-state index is 13.1. The summed E-state index contributed by atoms with van der Waals surface area (Å²) in [5, 5.41) is 10.1. The van der Waals surface area contributed by atoms with Crippen LogP contribution in [-0.2, 0) is 6.18 Å². The van der Waals surface area contributed by atoms with Gasteiger partial charge in [0.05, 0.1) is 24.8 Å². The van der Waals surface area contributed by atoms with E-state index in [0.29, 0.717) is 0 Å². The molecule has 1 saturated carbocycles. The minimum absolute atomic E-state index is 0. The monoisotopic (exact) mass is 325 g/mol. The Kier molecular flexibility index (Phi) is 5.90. The van der Waals surface area contributed by atoms with Crippen LogP contribution in [-0.4, -0.2) is 18.3 Å². The average molecular weight is 326 g/mol. The van der Waals surface area contributed by atoms with E-state index >= 15 is 0 Å². The summed E-state index contributed by atoms with van der Waals surface area (Å²) in [7, 11) is 1.30. The van der Waals surface area contributed by atoms with Crippen molar-refractivity contribution in [3.63, 3.8) is 0 Å². The van der Waals surface area contributed by atoms with Gasteiger partial charge in [0.25, 0.3) is 0 Å². The van der Waals surface area contributed by atoms with Crippen LogP contribution in [0.15, 0.2) is 18.2 Å². The Hall–Kier alpha value is -0.980. The van der Waals surface area contributed by atoms with Gasteiger partial charge in [-0.3, -0.25) is 0 Å². The number of aliphatic hydroxyl groups is 1. The van der Waals surface area contributed by atoms with Crippen LogP contribution in [0.3, 0.4) is 0 Å². The lowest BCUT2D eigenvalue weighted by Crippen LogP contribution is -2.37. The summed E-state index contributed by atoms with van der Waals surface area (Å²) in [5.74, 6) is 0.111. The van der Waals surface area contributed by atoms with Crippen LogP contribution in [0.4, 0.5) is 13.2 Å². The first-order valence-electron chi connectivity index (χ1n) is 6.53. The zero-order valence-electron chi connectivity index (χ0n) is 11.6. The number of nitrogens with two attached hydrogens (primary N) is 1. The van der Waals surface area contributed by atoms with E-state index in [1.165, 1.54) is 19.2 Å². The second kappa shape index (κ2) is 6.85. The predicted molar refractivity (Wildman–Crippen MR) is 75.5 cm³/mol. The lowest BCUT2D eigenvalue weighted by molar-refractivity contribution is -0.138. The zero-order valence-corrected chi connectivity index (χ0v) is 12.4. The summed E-state index contributed by atoms with van der Waals surface area (Å²) in [6.45, 7) is 0. The molecule has 21 heavy (non-hydrogen) atoms. The van der Waals surface area contributed by atoms with Crippen LogP contribution in [0.1, 0.15) is 36.4 Å². The number of halogens is 4. The zero-order chi connectivity index (χ0) is 14.9. The van der Waals surface area contributed by atoms with Crippen molar-refractivity contribution < 1.29 is 23.0 Å². The first kappa shape index (κ1) is 18.1. The van der Waals surface area contributed by atoms with Crippen molar-refractivity contribution in [1.82, 2.24) is 0 Å². The number of methoxy groups -OCH3 is 1. The highest BCUT2D eigenvalue weighted by molar-refractivity contribution is 5.85. The number of hydrogen-bond donors (Lipinski definition) is 2. The first-order valence-corrected chi connectivity index (χ1v) is 6.53. The van der Waals surface area contributed by atoms with E-state index in [1.54, 1.807) is 0 Å². The van der Waals surface area contributed by atoms with Crippen molar-refractivity contribution in [2.24, 2.45) is 11.7 Å². The van der Waals surface area contributed by atoms with Crippen molar-refractivity contribution in [1.29, 1.82) is 0 Å². The maximum absolute atomic E-state index is 13.1. The summed E-state index contributed by atoms with van der Waals surface area (Å²) < 4.78 is 44.1. The van der Waals surface area contributed by atoms with E-state index in [1.807, 2.05) is 0 Å². The van der Waals surface area contributed by atoms with E-state index in [9.17, 15) is 18.3 Å². The lowest BCUT2D eigenvalue weighted by atomic mass is 9.77. The summed E-state index contributed by atoms with van der Waals surface area (Å²) in [5.41, 5.74) is 4.92. The highest BCUT2D eigenvalue weighted by atomic mass is 35.5. The summed E-state index contributed by atoms with van der Waals surface area (Å²) in [6.07, 6.45) is -2.86. The van der Waals surface area contributed by atoms with Gasteiger partial charge in [0, 0.05) is 0 Å². The van der Waals surface area contributed by atoms with E-state index in [2.05, 4.69) is 0 Å². The molecule has 120 valence electrons. The summed E-state index contributed by atoms with van der Waals surface area (Å²) in [4.78, 5) is 0. The number of benzene rings is 1. The number of hydrogen-bond acceptors (Lipinski definition) is 3. The van der Waals surface area contributed by atoms with Gasteiger partial charge in [0.15, 0.2) is 0 Å². The van der Waals surface area contributed by atoms with E-state index in [0.717, 1.165) is 25.3 Å². The number of aliphatic hydroxyl groups excluding tert-OH is 1. The topological polar surface area (TPSA) is 55.5 Å². The summed E-state index contributed by atoms with van der Waals surface area (Å²) >= 11 is 0. The van der Waals surface area contributed by atoms with Gasteiger partial charge in [-0.15, -0.1) is 12.4 Å². The smallest absolute Gasteiger partial charge is 0.416 e. The Bertz CT molecular complexity index is 478. The van der Waals surface area contributed by atoms with Gasteiger partial charge in [-0.1, -0.05) is 12.5 Å². The molecule has 0 amide bonds. The molecule has 7 heteroatoms. The first-order chi connectivity index (χ1) is 9.34. The van der Waals surface area contributed by atoms with Crippen molar-refractivity contribution >= 4 is 12.4 Å². The van der Waals surface area contributed by atoms with E-state index in [-0.39, 0.29) is 29.6 Å². The van der Waals surface area contributed by atoms with Gasteiger partial charge in [0.2, 0.25) is 0 Å². The van der Waals surface area contributed by atoms with Gasteiger partial charge in [-0.25, -0.2) is 0 Å². The van der Waals surface area contributed by atoms with Crippen LogP contribution >= 0.6 is 12.4 Å². The molecule has 0 heterocycles. The highest BCUT2D eigenvalue weighted by Gasteiger charge is 2.38. The fraction of sp³-hybridized carbons (Fsp3) is 0.571. The highest BCUT2D eigenvalue weighted by Crippen LogP contribution is 2.40. The van der Waals surface area contributed by atoms with Gasteiger partial charge in [-0.05, 0) is 36.5 Å². The van der Waals surface area contributed by atoms with Crippen molar-refractivity contribution in [2.45, 2.75) is 37.6 Å². The van der Waals surface area contributed by atoms with Crippen molar-refractivity contribution in [3.05, 3.63) is 29.3 Å². The number of alkyl halides is 3. The third kappa shape index (κ3) is 3.81. The molecule has 3 N–H and O–H groups in total. The lowest BCUT2D eigenvalue weighted by Gasteiger charge is -2.34. The number of rotatable bonds is 4. The standard InChI is InChI=1S/C14H18F3NO2.ClH/c1-20-9-5-6-10(11(7-9)14(15,16)17)12(18)13(19)8-3-2-4-8;/h5-8,12-13,19H,2-4,18H2,1H3;1H/t12-,13+;/m0./s1. The van der Waals surface area contributed by atoms with Gasteiger partial charge < -0.3 is 15.6 Å². The maximum Gasteiger partial charge on any atom is 0.416 e. The molecule has 0 aromatic heterocycles. The molecule has 0 radical (unpaired) electrons. The van der Waals surface area contributed by atoms with Gasteiger partial charge in [0.1, 0.15) is 5.75 Å². The molecule has 0 aliphatic heterocycles. The van der Waals surface area contributed by atoms with Crippen LogP contribution < -0.4 is 10.5 Å². The molecular weight excluding hydrogens is 307 g/mol. The molecule has 1 aromatic rings. The van der Waals surface area contributed by atoms with Crippen molar-refractivity contribution in [2.75, 3.05) is 7.11 Å². The Morgan fingerprint density at radius 2 is 1.95 bits per heavy atom. The molecule has 1 aliphatic rings. The molecule has 2 atom stereocenters. The second-order valence-electron chi connectivity index (χ2n) is 5.16. The van der Waals surface area contributed by atoms with Gasteiger partial charge in [-0.2, -0.15) is 13.2 Å². The molecule has 0 saturated heterocycles. The fourth-order valence-electron chi connectivity index (χ4n) is 2.46. The Morgan fingerprint density at radius 3 is 2.38 bits per heavy atom. The van der Waals surface area contributed by atoms with Crippen LogP contribution in [0.5, 0.6) is 5.75 Å². The second-order valence-corrected chi connectivity index (χ2v) is 5.16. The SMILES string of the molecule is COc1ccc([C@H](N)[C@H](O)C2CCC2)c(C(F)(F)F)c1.Cl. The summed E-state index contributed by atoms with van der Waals surface area (Å²) in [6, 6.07) is 2.59. The Balaban J connectivity index is 0.00000220. The van der Waals surface area contributed by atoms with E-state index in [4.69, 9.17) is 10.5 Å². The third-order valence-electron chi connectivity index (χ3n) is 3.93. The molecule has 1 aromatic carbocycles. The Morgan fingerprint density at radius 1 is 1.33 bits per heavy atom. The molecule has 1 fully saturated rings.